The Balaban J connectivity index is 1.56. The molecule has 1 fully saturated rings. The monoisotopic (exact) mass is 421 g/mol. The predicted molar refractivity (Wildman–Crippen MR) is 108 cm³/mol. The van der Waals surface area contributed by atoms with E-state index in [1.54, 1.807) is 36.8 Å². The number of pyridine rings is 3. The molecule has 0 unspecified atom stereocenters. The highest BCUT2D eigenvalue weighted by Crippen LogP contribution is 2.34. The minimum atomic E-state index is -3.08. The highest BCUT2D eigenvalue weighted by molar-refractivity contribution is 6.06. The van der Waals surface area contributed by atoms with Crippen molar-refractivity contribution < 1.29 is 18.4 Å². The van der Waals surface area contributed by atoms with Crippen molar-refractivity contribution in [3.63, 3.8) is 0 Å². The molecule has 1 amide bonds. The summed E-state index contributed by atoms with van der Waals surface area (Å²) in [4.78, 5) is 41.9. The first-order valence-electron chi connectivity index (χ1n) is 9.61. The molecule has 0 spiro atoms. The molecule has 0 bridgehead atoms. The summed E-state index contributed by atoms with van der Waals surface area (Å²) in [6.07, 6.45) is 3.98. The Morgan fingerprint density at radius 1 is 1.13 bits per heavy atom. The van der Waals surface area contributed by atoms with Gasteiger partial charge in [-0.2, -0.15) is 0 Å². The van der Waals surface area contributed by atoms with Gasteiger partial charge in [-0.3, -0.25) is 24.3 Å². The molecular formula is C22H17F2N5O2. The number of hydrogen-bond acceptors (Lipinski definition) is 5. The number of likely N-dealkylation sites (tertiary alicyclic amines) is 1. The van der Waals surface area contributed by atoms with Gasteiger partial charge in [-0.15, -0.1) is 0 Å². The minimum Gasteiger partial charge on any atom is -0.294 e. The van der Waals surface area contributed by atoms with E-state index in [1.807, 2.05) is 6.07 Å². The zero-order valence-electron chi connectivity index (χ0n) is 16.3. The Morgan fingerprint density at radius 2 is 1.94 bits per heavy atom. The number of alkyl halides is 2. The largest absolute Gasteiger partial charge is 0.306 e. The molecule has 7 nitrogen and oxygen atoms in total. The number of halogens is 2. The SMILES string of the molecule is [C-]#[N+][C@@H]1CC(F)(F)CN1C(=O)CCC(=O)c1ccncc1-c1ccnc2ncccc12. The number of ketones is 1. The third kappa shape index (κ3) is 4.10. The normalized spacial score (nSPS) is 17.5. The summed E-state index contributed by atoms with van der Waals surface area (Å²) in [5.41, 5.74) is 2.20. The highest BCUT2D eigenvalue weighted by atomic mass is 19.3. The predicted octanol–water partition coefficient (Wildman–Crippen LogP) is 3.77. The van der Waals surface area contributed by atoms with Crippen molar-refractivity contribution in [2.75, 3.05) is 6.54 Å². The summed E-state index contributed by atoms with van der Waals surface area (Å²) in [5.74, 6) is -4.02. The lowest BCUT2D eigenvalue weighted by Crippen LogP contribution is -2.35. The van der Waals surface area contributed by atoms with Gasteiger partial charge in [-0.1, -0.05) is 0 Å². The molecule has 0 aliphatic carbocycles. The molecule has 31 heavy (non-hydrogen) atoms. The Labute approximate surface area is 176 Å². The molecule has 1 atom stereocenters. The number of carbonyl (C=O) groups is 2. The van der Waals surface area contributed by atoms with Crippen molar-refractivity contribution in [2.45, 2.75) is 31.4 Å². The molecular weight excluding hydrogens is 404 g/mol. The molecule has 3 aromatic heterocycles. The van der Waals surface area contributed by atoms with Crippen LogP contribution in [-0.2, 0) is 4.79 Å². The van der Waals surface area contributed by atoms with Crippen molar-refractivity contribution >= 4 is 22.7 Å². The van der Waals surface area contributed by atoms with Gasteiger partial charge in [0.2, 0.25) is 5.91 Å². The molecule has 0 aromatic carbocycles. The topological polar surface area (TPSA) is 80.4 Å². The second kappa shape index (κ2) is 8.14. The summed E-state index contributed by atoms with van der Waals surface area (Å²) in [6, 6.07) is 6.93. The van der Waals surface area contributed by atoms with Crippen LogP contribution in [0.5, 0.6) is 0 Å². The van der Waals surface area contributed by atoms with Crippen LogP contribution >= 0.6 is 0 Å². The molecule has 0 N–H and O–H groups in total. The van der Waals surface area contributed by atoms with Crippen LogP contribution in [0.2, 0.25) is 0 Å². The maximum absolute atomic E-state index is 13.6. The molecule has 1 saturated heterocycles. The number of carbonyl (C=O) groups excluding carboxylic acids is 2. The Hall–Kier alpha value is -3.80. The van der Waals surface area contributed by atoms with Gasteiger partial charge in [0.1, 0.15) is 6.42 Å². The molecule has 9 heteroatoms. The van der Waals surface area contributed by atoms with Gasteiger partial charge in [-0.25, -0.2) is 25.3 Å². The first kappa shape index (κ1) is 20.5. The van der Waals surface area contributed by atoms with Crippen LogP contribution in [0, 0.1) is 6.57 Å². The van der Waals surface area contributed by atoms with Crippen molar-refractivity contribution in [3.05, 3.63) is 66.0 Å². The van der Waals surface area contributed by atoms with E-state index in [-0.39, 0.29) is 18.6 Å². The Morgan fingerprint density at radius 3 is 2.74 bits per heavy atom. The zero-order chi connectivity index (χ0) is 22.0. The van der Waals surface area contributed by atoms with Crippen molar-refractivity contribution in [2.24, 2.45) is 0 Å². The van der Waals surface area contributed by atoms with Crippen LogP contribution in [0.1, 0.15) is 29.6 Å². The lowest BCUT2D eigenvalue weighted by atomic mass is 9.95. The van der Waals surface area contributed by atoms with E-state index in [0.717, 1.165) is 15.8 Å². The maximum atomic E-state index is 13.6. The van der Waals surface area contributed by atoms with Gasteiger partial charge in [0.25, 0.3) is 5.92 Å². The van der Waals surface area contributed by atoms with Gasteiger partial charge in [0, 0.05) is 54.1 Å². The molecule has 156 valence electrons. The Bertz CT molecular complexity index is 1200. The number of rotatable bonds is 5. The van der Waals surface area contributed by atoms with E-state index in [2.05, 4.69) is 19.8 Å². The number of amides is 1. The molecule has 4 rings (SSSR count). The molecule has 0 saturated carbocycles. The quantitative estimate of drug-likeness (QED) is 0.463. The average Bonchev–Trinajstić information content (AvgIpc) is 3.11. The van der Waals surface area contributed by atoms with Gasteiger partial charge < -0.3 is 0 Å². The number of fused-ring (bicyclic) bond motifs is 1. The summed E-state index contributed by atoms with van der Waals surface area (Å²) >= 11 is 0. The first-order chi connectivity index (χ1) is 14.9. The fraction of sp³-hybridized carbons (Fsp3) is 0.273. The minimum absolute atomic E-state index is 0.163. The van der Waals surface area contributed by atoms with Crippen LogP contribution in [0.25, 0.3) is 27.0 Å². The summed E-state index contributed by atoms with van der Waals surface area (Å²) in [6.45, 7) is 6.27. The van der Waals surface area contributed by atoms with Gasteiger partial charge in [0.15, 0.2) is 11.4 Å². The van der Waals surface area contributed by atoms with Gasteiger partial charge >= 0.3 is 6.17 Å². The maximum Gasteiger partial charge on any atom is 0.306 e. The van der Waals surface area contributed by atoms with E-state index >= 15 is 0 Å². The van der Waals surface area contributed by atoms with E-state index in [1.165, 1.54) is 6.20 Å². The van der Waals surface area contributed by atoms with Crippen LogP contribution < -0.4 is 0 Å². The summed E-state index contributed by atoms with van der Waals surface area (Å²) in [5, 5.41) is 0.752. The van der Waals surface area contributed by atoms with Crippen molar-refractivity contribution in [3.8, 4) is 11.1 Å². The second-order valence-electron chi connectivity index (χ2n) is 7.27. The molecule has 1 aliphatic heterocycles. The average molecular weight is 421 g/mol. The van der Waals surface area contributed by atoms with E-state index in [4.69, 9.17) is 6.57 Å². The summed E-state index contributed by atoms with van der Waals surface area (Å²) in [7, 11) is 0. The fourth-order valence-electron chi connectivity index (χ4n) is 3.73. The van der Waals surface area contributed by atoms with Gasteiger partial charge in [0.05, 0.1) is 6.54 Å². The second-order valence-corrected chi connectivity index (χ2v) is 7.27. The third-order valence-electron chi connectivity index (χ3n) is 5.20. The summed E-state index contributed by atoms with van der Waals surface area (Å²) < 4.78 is 27.2. The number of hydrogen-bond donors (Lipinski definition) is 0. The highest BCUT2D eigenvalue weighted by Gasteiger charge is 2.50. The van der Waals surface area contributed by atoms with Crippen LogP contribution in [-0.4, -0.2) is 50.2 Å². The zero-order valence-corrected chi connectivity index (χ0v) is 16.3. The first-order valence-corrected chi connectivity index (χ1v) is 9.61. The smallest absolute Gasteiger partial charge is 0.294 e. The van der Waals surface area contributed by atoms with Crippen molar-refractivity contribution in [1.29, 1.82) is 0 Å². The molecule has 0 radical (unpaired) electrons. The van der Waals surface area contributed by atoms with E-state index in [9.17, 15) is 18.4 Å². The van der Waals surface area contributed by atoms with E-state index in [0.29, 0.717) is 16.8 Å². The third-order valence-corrected chi connectivity index (χ3v) is 5.20. The number of Topliss-reactive ketones (excluding diaryl/α,β-unsaturated/α-hetero) is 1. The molecule has 1 aliphatic rings. The molecule has 4 heterocycles. The van der Waals surface area contributed by atoms with Crippen LogP contribution in [0.3, 0.4) is 0 Å². The Kier molecular flexibility index (Phi) is 5.38. The van der Waals surface area contributed by atoms with Gasteiger partial charge in [-0.05, 0) is 29.8 Å². The van der Waals surface area contributed by atoms with E-state index < -0.39 is 31.0 Å². The number of nitrogens with zero attached hydrogens (tertiary/aromatic N) is 5. The van der Waals surface area contributed by atoms with Crippen molar-refractivity contribution in [1.82, 2.24) is 19.9 Å². The van der Waals surface area contributed by atoms with Crippen LogP contribution in [0.4, 0.5) is 8.78 Å². The lowest BCUT2D eigenvalue weighted by molar-refractivity contribution is -0.132. The van der Waals surface area contributed by atoms with Crippen LogP contribution in [0.15, 0.2) is 49.1 Å². The lowest BCUT2D eigenvalue weighted by Gasteiger charge is -2.16. The standard InChI is InChI=1S/C22H17F2N5O2/c1-25-19-11-22(23,24)13-29(19)20(31)5-4-18(30)15-6-9-26-12-17(15)14-7-10-28-21-16(14)3-2-8-27-21/h2-3,6-10,12,19H,4-5,11,13H2/t19-/m0/s1. The molecule has 3 aromatic rings. The fourth-order valence-corrected chi connectivity index (χ4v) is 3.73. The number of aromatic nitrogens is 3.